The first-order valence-corrected chi connectivity index (χ1v) is 6.22. The normalized spacial score (nSPS) is 10.8. The minimum atomic E-state index is 0.112. The molecule has 3 rings (SSSR count). The number of benzene rings is 2. The monoisotopic (exact) mass is 250 g/mol. The first kappa shape index (κ1) is 11.7. The van der Waals surface area contributed by atoms with Crippen LogP contribution in [0.25, 0.3) is 10.8 Å². The van der Waals surface area contributed by atoms with E-state index in [1.807, 2.05) is 31.2 Å². The zero-order valence-electron chi connectivity index (χ0n) is 10.7. The average molecular weight is 250 g/mol. The van der Waals surface area contributed by atoms with Crippen LogP contribution in [0.2, 0.25) is 0 Å². The van der Waals surface area contributed by atoms with E-state index in [1.54, 1.807) is 23.3 Å². The summed E-state index contributed by atoms with van der Waals surface area (Å²) in [5, 5.41) is 2.27. The summed E-state index contributed by atoms with van der Waals surface area (Å²) in [6.45, 7) is 2.31. The summed E-state index contributed by atoms with van der Waals surface area (Å²) in [7, 11) is 0. The number of aryl methyl sites for hydroxylation is 1. The maximum Gasteiger partial charge on any atom is 0.182 e. The average Bonchev–Trinajstić information content (AvgIpc) is 2.90. The number of Topliss-reactive ketones (excluding diaryl/α,β-unsaturated/α-hetero) is 1. The van der Waals surface area contributed by atoms with E-state index >= 15 is 0 Å². The Labute approximate surface area is 111 Å². The number of carbonyl (C=O) groups is 1. The maximum absolute atomic E-state index is 12.3. The Morgan fingerprint density at radius 2 is 1.95 bits per heavy atom. The van der Waals surface area contributed by atoms with Crippen molar-refractivity contribution >= 4 is 16.6 Å². The number of nitrogens with zero attached hydrogens (tertiary/aromatic N) is 2. The lowest BCUT2D eigenvalue weighted by Crippen LogP contribution is -2.10. The van der Waals surface area contributed by atoms with Gasteiger partial charge in [0.25, 0.3) is 0 Å². The molecule has 94 valence electrons. The van der Waals surface area contributed by atoms with Crippen LogP contribution in [-0.2, 0) is 6.54 Å². The van der Waals surface area contributed by atoms with Gasteiger partial charge in [0.1, 0.15) is 0 Å². The first-order valence-electron chi connectivity index (χ1n) is 6.22. The van der Waals surface area contributed by atoms with Gasteiger partial charge in [-0.15, -0.1) is 0 Å². The zero-order valence-corrected chi connectivity index (χ0v) is 10.7. The number of rotatable bonds is 3. The largest absolute Gasteiger partial charge is 0.330 e. The fourth-order valence-electron chi connectivity index (χ4n) is 2.29. The molecule has 0 bridgehead atoms. The Bertz CT molecular complexity index is 730. The van der Waals surface area contributed by atoms with E-state index in [0.717, 1.165) is 16.5 Å². The molecular formula is C16H14N2O. The highest BCUT2D eigenvalue weighted by Crippen LogP contribution is 2.20. The minimum absolute atomic E-state index is 0.112. The molecule has 0 aliphatic heterocycles. The number of hydrogen-bond acceptors (Lipinski definition) is 2. The third-order valence-electron chi connectivity index (χ3n) is 3.28. The molecule has 0 unspecified atom stereocenters. The van der Waals surface area contributed by atoms with Crippen molar-refractivity contribution in [2.45, 2.75) is 13.5 Å². The minimum Gasteiger partial charge on any atom is -0.330 e. The molecule has 0 saturated carbocycles. The molecule has 1 aromatic heterocycles. The number of imidazole rings is 1. The van der Waals surface area contributed by atoms with Gasteiger partial charge >= 0.3 is 0 Å². The molecule has 19 heavy (non-hydrogen) atoms. The molecule has 3 nitrogen and oxygen atoms in total. The van der Waals surface area contributed by atoms with Crippen molar-refractivity contribution in [3.63, 3.8) is 0 Å². The van der Waals surface area contributed by atoms with E-state index in [4.69, 9.17) is 0 Å². The molecule has 3 aromatic rings. The first-order chi connectivity index (χ1) is 9.24. The lowest BCUT2D eigenvalue weighted by Gasteiger charge is -2.08. The summed E-state index contributed by atoms with van der Waals surface area (Å²) in [5.41, 5.74) is 1.80. The molecule has 0 aliphatic carbocycles. The van der Waals surface area contributed by atoms with E-state index in [9.17, 15) is 4.79 Å². The van der Waals surface area contributed by atoms with Crippen LogP contribution in [0.4, 0.5) is 0 Å². The van der Waals surface area contributed by atoms with E-state index in [0.29, 0.717) is 6.54 Å². The van der Waals surface area contributed by atoms with Crippen molar-refractivity contribution in [2.75, 3.05) is 0 Å². The van der Waals surface area contributed by atoms with Crippen molar-refractivity contribution in [2.24, 2.45) is 0 Å². The maximum atomic E-state index is 12.3. The molecule has 0 atom stereocenters. The molecule has 2 aromatic carbocycles. The third-order valence-corrected chi connectivity index (χ3v) is 3.28. The zero-order chi connectivity index (χ0) is 13.2. The van der Waals surface area contributed by atoms with Crippen LogP contribution in [0.5, 0.6) is 0 Å². The summed E-state index contributed by atoms with van der Waals surface area (Å²) in [4.78, 5) is 16.3. The quantitative estimate of drug-likeness (QED) is 0.669. The van der Waals surface area contributed by atoms with Crippen molar-refractivity contribution in [3.05, 3.63) is 66.2 Å². The van der Waals surface area contributed by atoms with Crippen LogP contribution in [0.15, 0.2) is 55.1 Å². The lowest BCUT2D eigenvalue weighted by molar-refractivity contribution is 0.0971. The Morgan fingerprint density at radius 1 is 1.21 bits per heavy atom. The van der Waals surface area contributed by atoms with Crippen molar-refractivity contribution < 1.29 is 4.79 Å². The second-order valence-corrected chi connectivity index (χ2v) is 4.67. The molecule has 0 fully saturated rings. The molecule has 1 heterocycles. The second-order valence-electron chi connectivity index (χ2n) is 4.67. The summed E-state index contributed by atoms with van der Waals surface area (Å²) in [6, 6.07) is 12.1. The third kappa shape index (κ3) is 2.27. The lowest BCUT2D eigenvalue weighted by atomic mass is 9.99. The van der Waals surface area contributed by atoms with E-state index < -0.39 is 0 Å². The molecule has 0 N–H and O–H groups in total. The number of ketones is 1. The predicted octanol–water partition coefficient (Wildman–Crippen LogP) is 3.23. The van der Waals surface area contributed by atoms with Gasteiger partial charge in [-0.25, -0.2) is 4.98 Å². The Morgan fingerprint density at radius 3 is 2.63 bits per heavy atom. The topological polar surface area (TPSA) is 34.9 Å². The van der Waals surface area contributed by atoms with Gasteiger partial charge < -0.3 is 4.57 Å². The van der Waals surface area contributed by atoms with E-state index in [1.165, 1.54) is 5.39 Å². The molecule has 0 aliphatic rings. The standard InChI is InChI=1S/C16H14N2O/c1-12-8-13-4-2-3-5-14(13)9-15(12)16(19)10-18-7-6-17-11-18/h2-9,11H,10H2,1H3. The van der Waals surface area contributed by atoms with Gasteiger partial charge in [0.05, 0.1) is 12.9 Å². The fourth-order valence-corrected chi connectivity index (χ4v) is 2.29. The van der Waals surface area contributed by atoms with Gasteiger partial charge in [-0.3, -0.25) is 4.79 Å². The van der Waals surface area contributed by atoms with E-state index in [-0.39, 0.29) is 5.78 Å². The number of fused-ring (bicyclic) bond motifs is 1. The SMILES string of the molecule is Cc1cc2ccccc2cc1C(=O)Cn1ccnc1. The molecule has 0 amide bonds. The van der Waals surface area contributed by atoms with Gasteiger partial charge in [0.15, 0.2) is 5.78 Å². The highest BCUT2D eigenvalue weighted by Gasteiger charge is 2.10. The van der Waals surface area contributed by atoms with Gasteiger partial charge in [-0.2, -0.15) is 0 Å². The smallest absolute Gasteiger partial charge is 0.182 e. The van der Waals surface area contributed by atoms with Crippen LogP contribution in [-0.4, -0.2) is 15.3 Å². The van der Waals surface area contributed by atoms with Gasteiger partial charge in [-0.05, 0) is 29.3 Å². The number of aromatic nitrogens is 2. The van der Waals surface area contributed by atoms with Crippen LogP contribution in [0.3, 0.4) is 0 Å². The van der Waals surface area contributed by atoms with E-state index in [2.05, 4.69) is 17.1 Å². The Balaban J connectivity index is 1.99. The molecule has 0 saturated heterocycles. The van der Waals surface area contributed by atoms with Crippen LogP contribution < -0.4 is 0 Å². The Kier molecular flexibility index (Phi) is 2.88. The predicted molar refractivity (Wildman–Crippen MR) is 75.2 cm³/mol. The highest BCUT2D eigenvalue weighted by molar-refractivity contribution is 6.01. The van der Waals surface area contributed by atoms with Gasteiger partial charge in [0.2, 0.25) is 0 Å². The van der Waals surface area contributed by atoms with Crippen LogP contribution in [0, 0.1) is 6.92 Å². The molecule has 0 spiro atoms. The van der Waals surface area contributed by atoms with Gasteiger partial charge in [0, 0.05) is 18.0 Å². The molecule has 3 heteroatoms. The van der Waals surface area contributed by atoms with Gasteiger partial charge in [-0.1, -0.05) is 30.3 Å². The summed E-state index contributed by atoms with van der Waals surface area (Å²) < 4.78 is 1.79. The fraction of sp³-hybridized carbons (Fsp3) is 0.125. The van der Waals surface area contributed by atoms with Crippen LogP contribution in [0.1, 0.15) is 15.9 Å². The highest BCUT2D eigenvalue weighted by atomic mass is 16.1. The van der Waals surface area contributed by atoms with Crippen molar-refractivity contribution in [3.8, 4) is 0 Å². The molecular weight excluding hydrogens is 236 g/mol. The van der Waals surface area contributed by atoms with Crippen molar-refractivity contribution in [1.29, 1.82) is 0 Å². The molecule has 0 radical (unpaired) electrons. The summed E-state index contributed by atoms with van der Waals surface area (Å²) in [5.74, 6) is 0.112. The summed E-state index contributed by atoms with van der Waals surface area (Å²) >= 11 is 0. The Hall–Kier alpha value is -2.42. The second kappa shape index (κ2) is 4.69. The summed E-state index contributed by atoms with van der Waals surface area (Å²) in [6.07, 6.45) is 5.14. The number of hydrogen-bond donors (Lipinski definition) is 0. The van der Waals surface area contributed by atoms with Crippen LogP contribution >= 0.6 is 0 Å². The number of carbonyl (C=O) groups excluding carboxylic acids is 1. The van der Waals surface area contributed by atoms with Crippen molar-refractivity contribution in [1.82, 2.24) is 9.55 Å².